The van der Waals surface area contributed by atoms with Crippen LogP contribution in [0.4, 0.5) is 0 Å². The molecule has 0 fully saturated rings. The monoisotopic (exact) mass is 347 g/mol. The lowest BCUT2D eigenvalue weighted by molar-refractivity contribution is 0.201. The van der Waals surface area contributed by atoms with E-state index in [4.69, 9.17) is 27.9 Å². The van der Waals surface area contributed by atoms with Crippen molar-refractivity contribution in [1.82, 2.24) is 4.98 Å². The van der Waals surface area contributed by atoms with Gasteiger partial charge in [0.15, 0.2) is 0 Å². The molecule has 23 heavy (non-hydrogen) atoms. The first-order valence-corrected chi connectivity index (χ1v) is 7.87. The minimum atomic E-state index is -0.630. The Bertz CT molecular complexity index is 878. The largest absolute Gasteiger partial charge is 0.497 e. The second-order valence-electron chi connectivity index (χ2n) is 5.28. The molecule has 0 aliphatic carbocycles. The van der Waals surface area contributed by atoms with E-state index in [1.165, 1.54) is 0 Å². The molecule has 118 valence electrons. The van der Waals surface area contributed by atoms with E-state index in [1.54, 1.807) is 26.2 Å². The molecule has 0 radical (unpaired) electrons. The lowest BCUT2D eigenvalue weighted by Crippen LogP contribution is -1.97. The molecule has 3 rings (SSSR count). The summed E-state index contributed by atoms with van der Waals surface area (Å²) in [7, 11) is 1.61. The molecule has 0 aliphatic rings. The number of hydrogen-bond donors (Lipinski definition) is 1. The highest BCUT2D eigenvalue weighted by atomic mass is 35.5. The average Bonchev–Trinajstić information content (AvgIpc) is 2.55. The zero-order valence-corrected chi connectivity index (χ0v) is 14.2. The maximum atomic E-state index is 10.1. The first kappa shape index (κ1) is 16.1. The number of benzene rings is 2. The van der Waals surface area contributed by atoms with Crippen molar-refractivity contribution in [3.8, 4) is 17.0 Å². The summed E-state index contributed by atoms with van der Waals surface area (Å²) < 4.78 is 5.26. The van der Waals surface area contributed by atoms with Crippen LogP contribution in [0.3, 0.4) is 0 Å². The van der Waals surface area contributed by atoms with Gasteiger partial charge in [0.05, 0.1) is 34.5 Å². The van der Waals surface area contributed by atoms with Crippen molar-refractivity contribution in [3.63, 3.8) is 0 Å². The van der Waals surface area contributed by atoms with Crippen molar-refractivity contribution in [2.24, 2.45) is 0 Å². The second-order valence-corrected chi connectivity index (χ2v) is 6.10. The molecule has 1 unspecified atom stereocenters. The average molecular weight is 348 g/mol. The molecular weight excluding hydrogens is 333 g/mol. The van der Waals surface area contributed by atoms with Crippen molar-refractivity contribution in [3.05, 3.63) is 58.1 Å². The van der Waals surface area contributed by atoms with Crippen molar-refractivity contribution in [2.75, 3.05) is 7.11 Å². The quantitative estimate of drug-likeness (QED) is 0.701. The molecule has 2 aromatic carbocycles. The topological polar surface area (TPSA) is 42.4 Å². The normalized spacial score (nSPS) is 12.4. The molecule has 1 aromatic heterocycles. The number of pyridine rings is 1. The van der Waals surface area contributed by atoms with Gasteiger partial charge in [-0.3, -0.25) is 0 Å². The molecule has 0 saturated heterocycles. The molecule has 0 saturated carbocycles. The van der Waals surface area contributed by atoms with Crippen LogP contribution in [0.25, 0.3) is 22.2 Å². The number of aromatic nitrogens is 1. The Morgan fingerprint density at radius 2 is 1.83 bits per heavy atom. The number of methoxy groups -OCH3 is 1. The van der Waals surface area contributed by atoms with Gasteiger partial charge >= 0.3 is 0 Å². The molecule has 1 heterocycles. The number of rotatable bonds is 3. The fourth-order valence-electron chi connectivity index (χ4n) is 2.51. The molecule has 0 aliphatic heterocycles. The van der Waals surface area contributed by atoms with Gasteiger partial charge in [0.1, 0.15) is 5.75 Å². The number of aliphatic hydroxyl groups excluding tert-OH is 1. The van der Waals surface area contributed by atoms with Gasteiger partial charge < -0.3 is 9.84 Å². The van der Waals surface area contributed by atoms with E-state index in [0.717, 1.165) is 33.5 Å². The van der Waals surface area contributed by atoms with Crippen LogP contribution in [0.15, 0.2) is 42.5 Å². The van der Waals surface area contributed by atoms with Crippen LogP contribution in [0.1, 0.15) is 18.6 Å². The maximum Gasteiger partial charge on any atom is 0.119 e. The Kier molecular flexibility index (Phi) is 4.44. The summed E-state index contributed by atoms with van der Waals surface area (Å²) in [6.07, 6.45) is -0.630. The lowest BCUT2D eigenvalue weighted by Gasteiger charge is -2.13. The molecule has 0 spiro atoms. The summed E-state index contributed by atoms with van der Waals surface area (Å²) >= 11 is 12.1. The van der Waals surface area contributed by atoms with Gasteiger partial charge in [-0.2, -0.15) is 0 Å². The van der Waals surface area contributed by atoms with E-state index in [0.29, 0.717) is 10.0 Å². The molecule has 5 heteroatoms. The van der Waals surface area contributed by atoms with E-state index in [2.05, 4.69) is 4.98 Å². The number of halogens is 2. The van der Waals surface area contributed by atoms with E-state index >= 15 is 0 Å². The summed E-state index contributed by atoms with van der Waals surface area (Å²) in [4.78, 5) is 4.67. The summed E-state index contributed by atoms with van der Waals surface area (Å²) in [6, 6.07) is 12.8. The van der Waals surface area contributed by atoms with E-state index in [9.17, 15) is 5.11 Å². The minimum absolute atomic E-state index is 0.472. The van der Waals surface area contributed by atoms with Crippen molar-refractivity contribution in [1.29, 1.82) is 0 Å². The summed E-state index contributed by atoms with van der Waals surface area (Å²) in [6.45, 7) is 1.73. The highest BCUT2D eigenvalue weighted by Gasteiger charge is 2.13. The SMILES string of the molecule is COc1ccc2nc(-c3ccc(Cl)c(Cl)c3)cc(C(C)O)c2c1. The first-order chi connectivity index (χ1) is 11.0. The molecule has 1 atom stereocenters. The number of ether oxygens (including phenoxy) is 1. The van der Waals surface area contributed by atoms with Crippen LogP contribution in [0, 0.1) is 0 Å². The summed E-state index contributed by atoms with van der Waals surface area (Å²) in [5, 5.41) is 12.0. The summed E-state index contributed by atoms with van der Waals surface area (Å²) in [5.41, 5.74) is 3.15. The zero-order valence-electron chi connectivity index (χ0n) is 12.7. The highest BCUT2D eigenvalue weighted by molar-refractivity contribution is 6.42. The van der Waals surface area contributed by atoms with Crippen LogP contribution in [0.5, 0.6) is 5.75 Å². The molecule has 3 aromatic rings. The van der Waals surface area contributed by atoms with Gasteiger partial charge in [-0.1, -0.05) is 29.3 Å². The Balaban J connectivity index is 2.24. The number of fused-ring (bicyclic) bond motifs is 1. The predicted octanol–water partition coefficient (Wildman–Crippen LogP) is 5.27. The van der Waals surface area contributed by atoms with Crippen molar-refractivity contribution < 1.29 is 9.84 Å². The Morgan fingerprint density at radius 1 is 1.04 bits per heavy atom. The van der Waals surface area contributed by atoms with Crippen LogP contribution in [-0.2, 0) is 0 Å². The van der Waals surface area contributed by atoms with E-state index in [-0.39, 0.29) is 0 Å². The molecule has 0 bridgehead atoms. The Labute approximate surface area is 144 Å². The highest BCUT2D eigenvalue weighted by Crippen LogP contribution is 2.33. The van der Waals surface area contributed by atoms with Crippen molar-refractivity contribution in [2.45, 2.75) is 13.0 Å². The number of aliphatic hydroxyl groups is 1. The van der Waals surface area contributed by atoms with Gasteiger partial charge in [-0.25, -0.2) is 4.98 Å². The van der Waals surface area contributed by atoms with Crippen LogP contribution < -0.4 is 4.74 Å². The van der Waals surface area contributed by atoms with Crippen LogP contribution in [-0.4, -0.2) is 17.2 Å². The van der Waals surface area contributed by atoms with Gasteiger partial charge in [-0.15, -0.1) is 0 Å². The van der Waals surface area contributed by atoms with Gasteiger partial charge in [-0.05, 0) is 48.9 Å². The van der Waals surface area contributed by atoms with Gasteiger partial charge in [0.25, 0.3) is 0 Å². The first-order valence-electron chi connectivity index (χ1n) is 7.12. The minimum Gasteiger partial charge on any atom is -0.497 e. The summed E-state index contributed by atoms with van der Waals surface area (Å²) in [5.74, 6) is 0.725. The third kappa shape index (κ3) is 3.13. The lowest BCUT2D eigenvalue weighted by atomic mass is 10.0. The fourth-order valence-corrected chi connectivity index (χ4v) is 2.81. The fraction of sp³-hybridized carbons (Fsp3) is 0.167. The number of hydrogen-bond acceptors (Lipinski definition) is 3. The predicted molar refractivity (Wildman–Crippen MR) is 94.4 cm³/mol. The van der Waals surface area contributed by atoms with Crippen LogP contribution in [0.2, 0.25) is 10.0 Å². The zero-order chi connectivity index (χ0) is 16.6. The second kappa shape index (κ2) is 6.36. The smallest absolute Gasteiger partial charge is 0.119 e. The Hall–Kier alpha value is -1.81. The van der Waals surface area contributed by atoms with Crippen LogP contribution >= 0.6 is 23.2 Å². The molecule has 0 amide bonds. The molecule has 1 N–H and O–H groups in total. The number of nitrogens with zero attached hydrogens (tertiary/aromatic N) is 1. The molecule has 3 nitrogen and oxygen atoms in total. The third-order valence-electron chi connectivity index (χ3n) is 3.71. The van der Waals surface area contributed by atoms with E-state index < -0.39 is 6.10 Å². The van der Waals surface area contributed by atoms with E-state index in [1.807, 2.05) is 30.3 Å². The Morgan fingerprint density at radius 3 is 2.48 bits per heavy atom. The third-order valence-corrected chi connectivity index (χ3v) is 4.45. The standard InChI is InChI=1S/C18H15Cl2NO2/c1-10(22)13-9-18(11-3-5-15(19)16(20)7-11)21-17-6-4-12(23-2)8-14(13)17/h3-10,22H,1-2H3. The van der Waals surface area contributed by atoms with Gasteiger partial charge in [0.2, 0.25) is 0 Å². The van der Waals surface area contributed by atoms with Crippen molar-refractivity contribution >= 4 is 34.1 Å². The maximum absolute atomic E-state index is 10.1. The van der Waals surface area contributed by atoms with Gasteiger partial charge in [0, 0.05) is 10.9 Å². The molecular formula is C18H15Cl2NO2.